The second-order valence-corrected chi connectivity index (χ2v) is 10.9. The summed E-state index contributed by atoms with van der Waals surface area (Å²) in [5.41, 5.74) is 11.0. The molecule has 0 unspecified atom stereocenters. The van der Waals surface area contributed by atoms with E-state index < -0.39 is 22.1 Å². The number of hydrogen-bond acceptors (Lipinski definition) is 2. The zero-order valence-electron chi connectivity index (χ0n) is 22.2. The third-order valence-electron chi connectivity index (χ3n) is 7.00. The molecule has 4 nitrogen and oxygen atoms in total. The van der Waals surface area contributed by atoms with Crippen LogP contribution < -0.4 is 0 Å². The van der Waals surface area contributed by atoms with Crippen molar-refractivity contribution in [1.82, 2.24) is 0 Å². The van der Waals surface area contributed by atoms with Crippen LogP contribution in [-0.4, -0.2) is 8.42 Å². The molecule has 4 rings (SSSR count). The van der Waals surface area contributed by atoms with Crippen molar-refractivity contribution in [3.63, 3.8) is 0 Å². The van der Waals surface area contributed by atoms with Gasteiger partial charge in [0.2, 0.25) is 0 Å². The van der Waals surface area contributed by atoms with E-state index in [0.717, 1.165) is 11.1 Å². The molecule has 1 aliphatic rings. The number of aryl methyl sites for hydroxylation is 1. The molecule has 0 amide bonds. The van der Waals surface area contributed by atoms with Gasteiger partial charge in [-0.1, -0.05) is 124 Å². The monoisotopic (exact) mass is 602 g/mol. The van der Waals surface area contributed by atoms with Crippen LogP contribution in [0.25, 0.3) is 10.5 Å². The molecule has 196 valence electrons. The molecule has 3 aromatic carbocycles. The summed E-state index contributed by atoms with van der Waals surface area (Å²) >= 11 is 0. The van der Waals surface area contributed by atoms with Crippen molar-refractivity contribution in [2.24, 2.45) is 0 Å². The van der Waals surface area contributed by atoms with Crippen molar-refractivity contribution in [2.75, 3.05) is 0 Å². The minimum Gasteiger partial charge on any atom is -0.672 e. The predicted octanol–water partition coefficient (Wildman–Crippen LogP) is 8.56. The first kappa shape index (κ1) is 31.4. The van der Waals surface area contributed by atoms with Crippen LogP contribution >= 0.6 is 0 Å². The maximum Gasteiger partial charge on any atom is 2.00 e. The Morgan fingerprint density at radius 2 is 0.973 bits per heavy atom. The standard InChI is InChI=1S/C21H20N2O2S.C10H15.Rh/c1-16-12-14-19(15-13-16)26(24,25)23-21(18-10-6-3-7-11-18)20(22)17-8-4-2-5-9-17;1-6-7(2)9(4)10(5)8(6)3;/h2-15,20-22H,1H3;1-5H3;/q-2;;+2/t20-,21-;;/m0../s1. The van der Waals surface area contributed by atoms with Gasteiger partial charge in [-0.2, -0.15) is 0 Å². The van der Waals surface area contributed by atoms with Gasteiger partial charge in [-0.15, -0.1) is 12.1 Å². The minimum absolute atomic E-state index is 0. The molecule has 6 heteroatoms. The van der Waals surface area contributed by atoms with Crippen LogP contribution in [0.15, 0.2) is 89.8 Å². The van der Waals surface area contributed by atoms with Crippen molar-refractivity contribution in [3.05, 3.63) is 142 Å². The van der Waals surface area contributed by atoms with Crippen molar-refractivity contribution in [2.45, 2.75) is 58.5 Å². The van der Waals surface area contributed by atoms with Crippen molar-refractivity contribution < 1.29 is 27.9 Å². The summed E-state index contributed by atoms with van der Waals surface area (Å²) < 4.78 is 29.8. The molecule has 1 fully saturated rings. The Bertz CT molecular complexity index is 1140. The van der Waals surface area contributed by atoms with E-state index in [1.54, 1.807) is 24.3 Å². The van der Waals surface area contributed by atoms with Gasteiger partial charge in [0, 0.05) is 4.90 Å². The molecule has 37 heavy (non-hydrogen) atoms. The number of nitrogens with one attached hydrogen (secondary N) is 1. The average molecular weight is 603 g/mol. The van der Waals surface area contributed by atoms with Gasteiger partial charge < -0.3 is 10.5 Å². The van der Waals surface area contributed by atoms with E-state index in [4.69, 9.17) is 5.73 Å². The molecule has 1 aliphatic carbocycles. The summed E-state index contributed by atoms with van der Waals surface area (Å²) in [5, 5.41) is 0. The molecule has 0 aromatic heterocycles. The Balaban J connectivity index is 0.000000369. The molecule has 0 bridgehead atoms. The number of hydrogen-bond donors (Lipinski definition) is 0. The fraction of sp³-hybridized carbons (Fsp3) is 0.258. The van der Waals surface area contributed by atoms with E-state index in [1.165, 1.54) is 29.6 Å². The van der Waals surface area contributed by atoms with Gasteiger partial charge in [0.15, 0.2) is 0 Å². The summed E-state index contributed by atoms with van der Waals surface area (Å²) in [5.74, 6) is 7.34. The van der Waals surface area contributed by atoms with Crippen molar-refractivity contribution >= 4 is 10.0 Å². The van der Waals surface area contributed by atoms with E-state index in [0.29, 0.717) is 5.56 Å². The second kappa shape index (κ2) is 13.8. The Labute approximate surface area is 237 Å². The van der Waals surface area contributed by atoms with Gasteiger partial charge in [-0.05, 0) is 48.6 Å². The van der Waals surface area contributed by atoms with Crippen LogP contribution in [0.5, 0.6) is 0 Å². The summed E-state index contributed by atoms with van der Waals surface area (Å²) in [6.07, 6.45) is 0. The first-order valence-corrected chi connectivity index (χ1v) is 13.5. The first-order chi connectivity index (χ1) is 17.0. The van der Waals surface area contributed by atoms with Gasteiger partial charge in [0.25, 0.3) is 0 Å². The first-order valence-electron chi connectivity index (χ1n) is 12.1. The zero-order chi connectivity index (χ0) is 26.5. The molecule has 3 aromatic rings. The van der Waals surface area contributed by atoms with Crippen molar-refractivity contribution in [1.29, 1.82) is 0 Å². The van der Waals surface area contributed by atoms with Gasteiger partial charge in [0.1, 0.15) is 10.0 Å². The average Bonchev–Trinajstić information content (AvgIpc) is 3.06. The topological polar surface area (TPSA) is 72.0 Å². The Morgan fingerprint density at radius 1 is 0.595 bits per heavy atom. The van der Waals surface area contributed by atoms with Gasteiger partial charge >= 0.3 is 19.5 Å². The number of benzene rings is 3. The summed E-state index contributed by atoms with van der Waals surface area (Å²) in [6.45, 7) is 12.9. The molecule has 0 saturated heterocycles. The van der Waals surface area contributed by atoms with Crippen LogP contribution in [0.3, 0.4) is 0 Å². The van der Waals surface area contributed by atoms with Crippen LogP contribution in [0.1, 0.15) is 63.4 Å². The van der Waals surface area contributed by atoms with E-state index in [-0.39, 0.29) is 24.4 Å². The molecular formula is C31H35N2O2RhS. The number of sulfonamides is 1. The Hall–Kier alpha value is -1.85. The minimum atomic E-state index is -3.87. The van der Waals surface area contributed by atoms with E-state index >= 15 is 0 Å². The van der Waals surface area contributed by atoms with Gasteiger partial charge in [-0.25, -0.2) is 8.42 Å². The molecule has 6 radical (unpaired) electrons. The van der Waals surface area contributed by atoms with Crippen molar-refractivity contribution in [3.8, 4) is 0 Å². The molecule has 2 atom stereocenters. The molecule has 0 spiro atoms. The van der Waals surface area contributed by atoms with E-state index in [2.05, 4.69) is 39.3 Å². The smallest absolute Gasteiger partial charge is 0.672 e. The van der Waals surface area contributed by atoms with Crippen LogP contribution in [0.4, 0.5) is 0 Å². The Morgan fingerprint density at radius 3 is 1.38 bits per heavy atom. The second-order valence-electron chi connectivity index (χ2n) is 9.26. The summed E-state index contributed by atoms with van der Waals surface area (Å²) in [6, 6.07) is 23.3. The summed E-state index contributed by atoms with van der Waals surface area (Å²) in [7, 11) is -3.87. The maximum atomic E-state index is 12.8. The normalized spacial score (nSPS) is 17.5. The fourth-order valence-electron chi connectivity index (χ4n) is 4.13. The van der Waals surface area contributed by atoms with Gasteiger partial charge in [-0.3, -0.25) is 0 Å². The fourth-order valence-corrected chi connectivity index (χ4v) is 5.28. The number of rotatable bonds is 6. The molecule has 0 aliphatic heterocycles. The third kappa shape index (κ3) is 7.83. The number of nitrogens with zero attached hydrogens (tertiary/aromatic N) is 1. The third-order valence-corrected chi connectivity index (χ3v) is 8.37. The largest absolute Gasteiger partial charge is 2.00 e. The van der Waals surface area contributed by atoms with E-state index in [1.807, 2.05) is 67.6 Å². The van der Waals surface area contributed by atoms with Gasteiger partial charge in [0.05, 0.1) is 0 Å². The van der Waals surface area contributed by atoms with E-state index in [9.17, 15) is 8.42 Å². The molecule has 0 heterocycles. The van der Waals surface area contributed by atoms with Crippen LogP contribution in [0, 0.1) is 36.5 Å². The zero-order valence-corrected chi connectivity index (χ0v) is 24.7. The Kier molecular flexibility index (Phi) is 11.7. The molecule has 1 saturated carbocycles. The quantitative estimate of drug-likeness (QED) is 0.265. The SMILES string of the molecule is C[C]1[C](C)[C](C)[C](C)[C]1C.Cc1ccc(S(=O)(=O)[N-][C@@H](c2ccccc2)[C@@H]([NH-])c2ccccc2)cc1.[Rh+2]. The summed E-state index contributed by atoms with van der Waals surface area (Å²) in [4.78, 5) is 0.143. The van der Waals surface area contributed by atoms with Crippen LogP contribution in [-0.2, 0) is 29.5 Å². The molecule has 1 N–H and O–H groups in total. The van der Waals surface area contributed by atoms with Crippen LogP contribution in [0.2, 0.25) is 0 Å². The molecular weight excluding hydrogens is 567 g/mol. The predicted molar refractivity (Wildman–Crippen MR) is 149 cm³/mol. The maximum absolute atomic E-state index is 12.8.